The molecule has 3 aromatic rings. The Balaban J connectivity index is 1.68. The molecule has 0 amide bonds. The number of nitrogens with one attached hydrogen (secondary N) is 2. The van der Waals surface area contributed by atoms with Gasteiger partial charge in [-0.1, -0.05) is 6.07 Å². The first-order valence-corrected chi connectivity index (χ1v) is 13.9. The van der Waals surface area contributed by atoms with Crippen LogP contribution in [-0.2, 0) is 13.1 Å². The lowest BCUT2D eigenvalue weighted by molar-refractivity contribution is 0.136. The van der Waals surface area contributed by atoms with Gasteiger partial charge in [0.1, 0.15) is 6.23 Å². The number of anilines is 1. The zero-order valence-electron chi connectivity index (χ0n) is 24.2. The Morgan fingerprint density at radius 2 is 1.79 bits per heavy atom. The summed E-state index contributed by atoms with van der Waals surface area (Å²) < 4.78 is 0. The summed E-state index contributed by atoms with van der Waals surface area (Å²) in [5, 5.41) is 14.6. The van der Waals surface area contributed by atoms with Gasteiger partial charge in [0.25, 0.3) is 5.56 Å². The molecule has 39 heavy (non-hydrogen) atoms. The van der Waals surface area contributed by atoms with Crippen LogP contribution in [0, 0.1) is 20.8 Å². The normalized spacial score (nSPS) is 18.4. The van der Waals surface area contributed by atoms with E-state index >= 15 is 0 Å². The molecule has 2 aromatic heterocycles. The van der Waals surface area contributed by atoms with E-state index in [0.717, 1.165) is 77.1 Å². The minimum atomic E-state index is -0.946. The predicted molar refractivity (Wildman–Crippen MR) is 159 cm³/mol. The molecule has 1 aliphatic rings. The molecule has 1 saturated carbocycles. The van der Waals surface area contributed by atoms with E-state index in [1.807, 2.05) is 46.3 Å². The molecular weight excluding hydrogens is 488 g/mol. The molecule has 1 aromatic carbocycles. The molecule has 1 fully saturated rings. The molecule has 8 nitrogen and oxygen atoms in total. The molecule has 1 atom stereocenters. The van der Waals surface area contributed by atoms with Crippen LogP contribution in [0.5, 0.6) is 0 Å². The number of aliphatic hydroxyl groups excluding tert-OH is 1. The second kappa shape index (κ2) is 12.4. The molecule has 1 unspecified atom stereocenters. The standard InChI is InChI=1S/C31H44N6O2/c1-19-13-20(2)35-31(39)28(19)17-34-30(38)27-14-23(22-7-10-25(33-16-22)18-36(4)5)15-29(21(27)3)37(6)26-11-8-24(32)9-12-26/h7,10,13-16,24,26,30,34,38H,8-9,11-12,17-18,32H2,1-6H3,(H,35,39)/t24-,26-,30?. The van der Waals surface area contributed by atoms with Crippen LogP contribution in [0.1, 0.15) is 65.6 Å². The minimum absolute atomic E-state index is 0.127. The van der Waals surface area contributed by atoms with E-state index in [4.69, 9.17) is 5.73 Å². The molecule has 0 spiro atoms. The van der Waals surface area contributed by atoms with Gasteiger partial charge in [-0.05, 0) is 102 Å². The van der Waals surface area contributed by atoms with Crippen molar-refractivity contribution in [2.75, 3.05) is 26.0 Å². The molecule has 1 aliphatic carbocycles. The highest BCUT2D eigenvalue weighted by Crippen LogP contribution is 2.35. The summed E-state index contributed by atoms with van der Waals surface area (Å²) in [6.45, 7) is 6.89. The second-order valence-electron chi connectivity index (χ2n) is 11.4. The van der Waals surface area contributed by atoms with Crippen LogP contribution in [0.25, 0.3) is 11.1 Å². The Labute approximate surface area is 232 Å². The molecule has 0 saturated heterocycles. The minimum Gasteiger partial charge on any atom is -0.374 e. The van der Waals surface area contributed by atoms with Gasteiger partial charge in [0.2, 0.25) is 0 Å². The van der Waals surface area contributed by atoms with Crippen molar-refractivity contribution < 1.29 is 5.11 Å². The van der Waals surface area contributed by atoms with Crippen molar-refractivity contribution in [3.05, 3.63) is 80.5 Å². The Kier molecular flexibility index (Phi) is 9.23. The lowest BCUT2D eigenvalue weighted by Gasteiger charge is -2.36. The number of rotatable bonds is 9. The predicted octanol–water partition coefficient (Wildman–Crippen LogP) is 3.91. The van der Waals surface area contributed by atoms with Crippen LogP contribution in [0.15, 0.2) is 41.3 Å². The van der Waals surface area contributed by atoms with Crippen molar-refractivity contribution in [2.24, 2.45) is 5.73 Å². The maximum atomic E-state index is 12.5. The summed E-state index contributed by atoms with van der Waals surface area (Å²) in [6, 6.07) is 11.0. The molecular formula is C31H44N6O2. The summed E-state index contributed by atoms with van der Waals surface area (Å²) in [5.74, 6) is 0. The van der Waals surface area contributed by atoms with E-state index in [1.54, 1.807) is 0 Å². The van der Waals surface area contributed by atoms with Gasteiger partial charge in [0, 0.05) is 66.5 Å². The quantitative estimate of drug-likeness (QED) is 0.309. The van der Waals surface area contributed by atoms with E-state index in [9.17, 15) is 9.90 Å². The van der Waals surface area contributed by atoms with Crippen LogP contribution in [-0.4, -0.2) is 53.2 Å². The molecule has 5 N–H and O–H groups in total. The first-order chi connectivity index (χ1) is 18.5. The maximum Gasteiger partial charge on any atom is 0.252 e. The van der Waals surface area contributed by atoms with Crippen LogP contribution in [0.3, 0.4) is 0 Å². The van der Waals surface area contributed by atoms with Crippen molar-refractivity contribution in [1.82, 2.24) is 20.2 Å². The van der Waals surface area contributed by atoms with Crippen molar-refractivity contribution >= 4 is 5.69 Å². The van der Waals surface area contributed by atoms with Crippen LogP contribution < -0.4 is 21.5 Å². The van der Waals surface area contributed by atoms with E-state index in [2.05, 4.69) is 57.3 Å². The van der Waals surface area contributed by atoms with Crippen molar-refractivity contribution in [1.29, 1.82) is 0 Å². The third-order valence-corrected chi connectivity index (χ3v) is 7.99. The monoisotopic (exact) mass is 532 g/mol. The number of H-pyrrole nitrogens is 1. The Morgan fingerprint density at radius 1 is 1.08 bits per heavy atom. The van der Waals surface area contributed by atoms with Crippen LogP contribution in [0.2, 0.25) is 0 Å². The smallest absolute Gasteiger partial charge is 0.252 e. The number of aliphatic hydroxyl groups is 1. The molecule has 210 valence electrons. The number of nitrogens with zero attached hydrogens (tertiary/aromatic N) is 3. The van der Waals surface area contributed by atoms with Crippen molar-refractivity contribution in [3.63, 3.8) is 0 Å². The lowest BCUT2D eigenvalue weighted by Crippen LogP contribution is -2.39. The van der Waals surface area contributed by atoms with E-state index in [-0.39, 0.29) is 18.1 Å². The average molecular weight is 533 g/mol. The van der Waals surface area contributed by atoms with E-state index in [1.165, 1.54) is 0 Å². The zero-order valence-corrected chi connectivity index (χ0v) is 24.2. The molecule has 4 rings (SSSR count). The highest BCUT2D eigenvalue weighted by Gasteiger charge is 2.25. The number of hydrogen-bond donors (Lipinski definition) is 4. The van der Waals surface area contributed by atoms with E-state index < -0.39 is 6.23 Å². The third-order valence-electron chi connectivity index (χ3n) is 7.99. The van der Waals surface area contributed by atoms with Gasteiger partial charge in [0.15, 0.2) is 0 Å². The van der Waals surface area contributed by atoms with Gasteiger partial charge in [-0.3, -0.25) is 15.1 Å². The fourth-order valence-corrected chi connectivity index (χ4v) is 5.65. The van der Waals surface area contributed by atoms with Crippen LogP contribution >= 0.6 is 0 Å². The summed E-state index contributed by atoms with van der Waals surface area (Å²) >= 11 is 0. The fraction of sp³-hybridized carbons (Fsp3) is 0.484. The second-order valence-corrected chi connectivity index (χ2v) is 11.4. The Bertz CT molecular complexity index is 1330. The SMILES string of the molecule is Cc1cc(C)c(CNC(O)c2cc(-c3ccc(CN(C)C)nc3)cc(N(C)[C@H]3CC[C@H](N)CC3)c2C)c(=O)[nH]1. The van der Waals surface area contributed by atoms with Gasteiger partial charge in [-0.25, -0.2) is 0 Å². The van der Waals surface area contributed by atoms with Gasteiger partial charge in [0.05, 0.1) is 5.69 Å². The number of benzene rings is 1. The summed E-state index contributed by atoms with van der Waals surface area (Å²) in [7, 11) is 6.20. The zero-order chi connectivity index (χ0) is 28.3. The number of hydrogen-bond acceptors (Lipinski definition) is 7. The maximum absolute atomic E-state index is 12.5. The fourth-order valence-electron chi connectivity index (χ4n) is 5.65. The molecule has 0 bridgehead atoms. The highest BCUT2D eigenvalue weighted by molar-refractivity contribution is 5.72. The number of pyridine rings is 2. The molecule has 0 aliphatic heterocycles. The first-order valence-electron chi connectivity index (χ1n) is 13.9. The van der Waals surface area contributed by atoms with Gasteiger partial charge in [-0.15, -0.1) is 0 Å². The number of aromatic nitrogens is 2. The average Bonchev–Trinajstić information content (AvgIpc) is 2.88. The van der Waals surface area contributed by atoms with Crippen molar-refractivity contribution in [2.45, 2.75) is 77.9 Å². The number of aryl methyl sites for hydroxylation is 2. The third kappa shape index (κ3) is 6.94. The van der Waals surface area contributed by atoms with E-state index in [0.29, 0.717) is 11.6 Å². The van der Waals surface area contributed by atoms with Crippen LogP contribution in [0.4, 0.5) is 5.69 Å². The highest BCUT2D eigenvalue weighted by atomic mass is 16.3. The van der Waals surface area contributed by atoms with Gasteiger partial charge < -0.3 is 25.6 Å². The Morgan fingerprint density at radius 3 is 2.41 bits per heavy atom. The lowest BCUT2D eigenvalue weighted by atomic mass is 9.89. The topological polar surface area (TPSA) is 111 Å². The van der Waals surface area contributed by atoms with Crippen molar-refractivity contribution in [3.8, 4) is 11.1 Å². The largest absolute Gasteiger partial charge is 0.374 e. The summed E-state index contributed by atoms with van der Waals surface area (Å²) in [4.78, 5) is 24.5. The molecule has 0 radical (unpaired) electrons. The molecule has 8 heteroatoms. The summed E-state index contributed by atoms with van der Waals surface area (Å²) in [5.41, 5.74) is 14.3. The molecule has 2 heterocycles. The number of aromatic amines is 1. The van der Waals surface area contributed by atoms with Gasteiger partial charge in [-0.2, -0.15) is 0 Å². The number of nitrogens with two attached hydrogens (primary N) is 1. The first kappa shape index (κ1) is 29.0. The summed E-state index contributed by atoms with van der Waals surface area (Å²) in [6.07, 6.45) is 5.10. The van der Waals surface area contributed by atoms with Gasteiger partial charge >= 0.3 is 0 Å². The Hall–Kier alpha value is -3.04.